The van der Waals surface area contributed by atoms with E-state index in [0.29, 0.717) is 20.9 Å². The second-order valence-electron chi connectivity index (χ2n) is 6.04. The molecule has 2 N–H and O–H groups in total. The Morgan fingerprint density at radius 2 is 2.00 bits per heavy atom. The van der Waals surface area contributed by atoms with Gasteiger partial charge in [0, 0.05) is 40.5 Å². The van der Waals surface area contributed by atoms with Gasteiger partial charge in [-0.1, -0.05) is 47.5 Å². The molecule has 0 fully saturated rings. The Balaban J connectivity index is 1.62. The van der Waals surface area contributed by atoms with Crippen LogP contribution in [0.4, 0.5) is 5.13 Å². The number of para-hydroxylation sites is 1. The van der Waals surface area contributed by atoms with Gasteiger partial charge < -0.3 is 4.98 Å². The number of halogens is 2. The molecule has 2 aromatic heterocycles. The molecule has 0 spiro atoms. The number of thiazole rings is 1. The molecule has 0 aliphatic heterocycles. The topological polar surface area (TPSA) is 70.1 Å². The first-order chi connectivity index (χ1) is 13.5. The monoisotopic (exact) mass is 428 g/mol. The number of hydrogen-bond acceptors (Lipinski definition) is 5. The predicted molar refractivity (Wildman–Crippen MR) is 117 cm³/mol. The summed E-state index contributed by atoms with van der Waals surface area (Å²) in [7, 11) is 0. The number of Topliss-reactive ketones (excluding diaryl/α,β-unsaturated/α-hetero) is 1. The van der Waals surface area contributed by atoms with Gasteiger partial charge in [0.1, 0.15) is 5.71 Å². The van der Waals surface area contributed by atoms with Crippen LogP contribution >= 0.6 is 34.5 Å². The summed E-state index contributed by atoms with van der Waals surface area (Å²) in [4.78, 5) is 19.8. The van der Waals surface area contributed by atoms with Crippen LogP contribution in [0.5, 0.6) is 0 Å². The van der Waals surface area contributed by atoms with Crippen molar-refractivity contribution >= 4 is 62.1 Å². The van der Waals surface area contributed by atoms with E-state index >= 15 is 0 Å². The number of hydrogen-bond donors (Lipinski definition) is 2. The molecule has 0 saturated heterocycles. The number of aromatic nitrogens is 2. The largest absolute Gasteiger partial charge is 0.360 e. The number of hydrazone groups is 1. The van der Waals surface area contributed by atoms with Crippen LogP contribution in [0.1, 0.15) is 12.5 Å². The standard InChI is InChI=1S/C20H14Cl2N4OS/c1-11(27)19(14-9-23-17-5-3-2-4-13(14)17)25-26-20-24-18(10-28-20)12-6-7-15(21)16(22)8-12/h2-10,23H,1H3,(H,24,26)/b25-19+. The zero-order valence-electron chi connectivity index (χ0n) is 14.7. The minimum Gasteiger partial charge on any atom is -0.360 e. The lowest BCUT2D eigenvalue weighted by Crippen LogP contribution is -2.13. The summed E-state index contributed by atoms with van der Waals surface area (Å²) in [5.41, 5.74) is 6.53. The second kappa shape index (κ2) is 7.75. The van der Waals surface area contributed by atoms with Gasteiger partial charge in [0.05, 0.1) is 15.7 Å². The van der Waals surface area contributed by atoms with Crippen LogP contribution in [0.3, 0.4) is 0 Å². The number of nitrogens with one attached hydrogen (secondary N) is 2. The van der Waals surface area contributed by atoms with Crippen LogP contribution in [0, 0.1) is 0 Å². The first-order valence-corrected chi connectivity index (χ1v) is 9.98. The summed E-state index contributed by atoms with van der Waals surface area (Å²) >= 11 is 13.4. The van der Waals surface area contributed by atoms with Crippen LogP contribution < -0.4 is 5.43 Å². The third kappa shape index (κ3) is 3.67. The summed E-state index contributed by atoms with van der Waals surface area (Å²) in [6, 6.07) is 13.1. The van der Waals surface area contributed by atoms with E-state index in [-0.39, 0.29) is 5.78 Å². The molecular weight excluding hydrogens is 415 g/mol. The fourth-order valence-corrected chi connectivity index (χ4v) is 3.77. The Hall–Kier alpha value is -2.67. The quantitative estimate of drug-likeness (QED) is 0.302. The molecule has 4 aromatic rings. The number of carbonyl (C=O) groups is 1. The smallest absolute Gasteiger partial charge is 0.203 e. The Labute approximate surface area is 175 Å². The van der Waals surface area contributed by atoms with Crippen LogP contribution in [-0.4, -0.2) is 21.5 Å². The molecule has 0 bridgehead atoms. The van der Waals surface area contributed by atoms with Gasteiger partial charge in [-0.05, 0) is 18.2 Å². The summed E-state index contributed by atoms with van der Waals surface area (Å²) in [6.07, 6.45) is 1.79. The highest BCUT2D eigenvalue weighted by Crippen LogP contribution is 2.30. The van der Waals surface area contributed by atoms with E-state index in [0.717, 1.165) is 27.7 Å². The van der Waals surface area contributed by atoms with Crippen molar-refractivity contribution in [3.8, 4) is 11.3 Å². The van der Waals surface area contributed by atoms with Crippen LogP contribution in [0.15, 0.2) is 59.1 Å². The molecule has 0 atom stereocenters. The van der Waals surface area contributed by atoms with Gasteiger partial charge in [0.15, 0.2) is 5.78 Å². The number of rotatable bonds is 5. The lowest BCUT2D eigenvalue weighted by atomic mass is 10.1. The van der Waals surface area contributed by atoms with Crippen molar-refractivity contribution < 1.29 is 4.79 Å². The van der Waals surface area contributed by atoms with Crippen molar-refractivity contribution in [1.82, 2.24) is 9.97 Å². The molecule has 2 aromatic carbocycles. The molecule has 4 rings (SSSR count). The number of carbonyl (C=O) groups excluding carboxylic acids is 1. The number of nitrogens with zero attached hydrogens (tertiary/aromatic N) is 2. The molecule has 5 nitrogen and oxygen atoms in total. The number of anilines is 1. The van der Waals surface area contributed by atoms with Gasteiger partial charge >= 0.3 is 0 Å². The van der Waals surface area contributed by atoms with Crippen molar-refractivity contribution in [2.75, 3.05) is 5.43 Å². The SMILES string of the molecule is CC(=O)/C(=N\Nc1nc(-c2ccc(Cl)c(Cl)c2)cs1)c1c[nH]c2ccccc12. The zero-order valence-corrected chi connectivity index (χ0v) is 17.0. The Kier molecular flexibility index (Phi) is 5.17. The molecule has 0 unspecified atom stereocenters. The van der Waals surface area contributed by atoms with E-state index < -0.39 is 0 Å². The summed E-state index contributed by atoms with van der Waals surface area (Å²) < 4.78 is 0. The van der Waals surface area contributed by atoms with E-state index in [1.54, 1.807) is 18.3 Å². The highest BCUT2D eigenvalue weighted by atomic mass is 35.5. The van der Waals surface area contributed by atoms with Crippen molar-refractivity contribution in [1.29, 1.82) is 0 Å². The van der Waals surface area contributed by atoms with E-state index in [1.165, 1.54) is 18.3 Å². The van der Waals surface area contributed by atoms with Gasteiger partial charge in [-0.3, -0.25) is 10.2 Å². The molecule has 8 heteroatoms. The summed E-state index contributed by atoms with van der Waals surface area (Å²) in [6.45, 7) is 1.49. The number of benzene rings is 2. The van der Waals surface area contributed by atoms with Gasteiger partial charge in [0.2, 0.25) is 5.13 Å². The normalized spacial score (nSPS) is 11.8. The molecule has 0 saturated carbocycles. The van der Waals surface area contributed by atoms with E-state index in [2.05, 4.69) is 20.5 Å². The highest BCUT2D eigenvalue weighted by Gasteiger charge is 2.15. The van der Waals surface area contributed by atoms with Gasteiger partial charge in [-0.2, -0.15) is 5.10 Å². The zero-order chi connectivity index (χ0) is 19.7. The summed E-state index contributed by atoms with van der Waals surface area (Å²) in [5, 5.41) is 8.68. The molecule has 2 heterocycles. The molecule has 0 radical (unpaired) electrons. The number of fused-ring (bicyclic) bond motifs is 1. The van der Waals surface area contributed by atoms with Crippen molar-refractivity contribution in [2.45, 2.75) is 6.92 Å². The Morgan fingerprint density at radius 1 is 1.18 bits per heavy atom. The van der Waals surface area contributed by atoms with E-state index in [4.69, 9.17) is 23.2 Å². The van der Waals surface area contributed by atoms with Crippen molar-refractivity contribution in [3.05, 3.63) is 69.7 Å². The minimum atomic E-state index is -0.140. The molecule has 140 valence electrons. The van der Waals surface area contributed by atoms with Crippen LogP contribution in [0.25, 0.3) is 22.2 Å². The maximum Gasteiger partial charge on any atom is 0.203 e. The maximum absolute atomic E-state index is 12.2. The number of aromatic amines is 1. The second-order valence-corrected chi connectivity index (χ2v) is 7.72. The van der Waals surface area contributed by atoms with Crippen molar-refractivity contribution in [2.24, 2.45) is 5.10 Å². The maximum atomic E-state index is 12.2. The Morgan fingerprint density at radius 3 is 2.79 bits per heavy atom. The highest BCUT2D eigenvalue weighted by molar-refractivity contribution is 7.14. The average molecular weight is 429 g/mol. The van der Waals surface area contributed by atoms with Gasteiger partial charge in [0.25, 0.3) is 0 Å². The average Bonchev–Trinajstić information content (AvgIpc) is 3.32. The van der Waals surface area contributed by atoms with Crippen molar-refractivity contribution in [3.63, 3.8) is 0 Å². The molecule has 0 aliphatic rings. The first-order valence-electron chi connectivity index (χ1n) is 8.35. The molecule has 0 amide bonds. The third-order valence-corrected chi connectivity index (χ3v) is 5.65. The molecular formula is C20H14Cl2N4OS. The van der Waals surface area contributed by atoms with E-state index in [1.807, 2.05) is 35.7 Å². The Bertz CT molecular complexity index is 1210. The first kappa shape index (κ1) is 18.7. The van der Waals surface area contributed by atoms with Gasteiger partial charge in [-0.25, -0.2) is 4.98 Å². The lowest BCUT2D eigenvalue weighted by molar-refractivity contribution is -0.111. The fourth-order valence-electron chi connectivity index (χ4n) is 2.81. The fraction of sp³-hybridized carbons (Fsp3) is 0.0500. The molecule has 0 aliphatic carbocycles. The summed E-state index contributed by atoms with van der Waals surface area (Å²) in [5.74, 6) is -0.140. The van der Waals surface area contributed by atoms with Crippen LogP contribution in [-0.2, 0) is 4.79 Å². The van der Waals surface area contributed by atoms with Gasteiger partial charge in [-0.15, -0.1) is 11.3 Å². The minimum absolute atomic E-state index is 0.140. The molecule has 28 heavy (non-hydrogen) atoms. The van der Waals surface area contributed by atoms with E-state index in [9.17, 15) is 4.79 Å². The lowest BCUT2D eigenvalue weighted by Gasteiger charge is -2.02. The van der Waals surface area contributed by atoms with Crippen LogP contribution in [0.2, 0.25) is 10.0 Å². The predicted octanol–water partition coefficient (Wildman–Crippen LogP) is 6.00. The third-order valence-electron chi connectivity index (χ3n) is 4.16. The number of ketones is 1. The number of H-pyrrole nitrogens is 1.